The molecular weight excluding hydrogens is 322 g/mol. The first-order valence-electron chi connectivity index (χ1n) is 6.34. The molecule has 1 aromatic carbocycles. The summed E-state index contributed by atoms with van der Waals surface area (Å²) >= 11 is 2.81. The summed E-state index contributed by atoms with van der Waals surface area (Å²) in [6.07, 6.45) is 1.51. The summed E-state index contributed by atoms with van der Waals surface area (Å²) in [5, 5.41) is 7.46. The molecule has 0 atom stereocenters. The summed E-state index contributed by atoms with van der Waals surface area (Å²) < 4.78 is 4.48. The maximum Gasteiger partial charge on any atom is 0.413 e. The van der Waals surface area contributed by atoms with Crippen molar-refractivity contribution >= 4 is 45.9 Å². The first-order chi connectivity index (χ1) is 10.6. The van der Waals surface area contributed by atoms with Gasteiger partial charge in [-0.2, -0.15) is 0 Å². The molecule has 2 amide bonds. The summed E-state index contributed by atoms with van der Waals surface area (Å²) in [6, 6.07) is 7.60. The molecule has 0 aliphatic heterocycles. The number of ether oxygens (including phenoxy) is 1. The van der Waals surface area contributed by atoms with Crippen LogP contribution in [0.4, 0.5) is 15.6 Å². The van der Waals surface area contributed by atoms with Gasteiger partial charge in [0.1, 0.15) is 0 Å². The van der Waals surface area contributed by atoms with Gasteiger partial charge in [0.25, 0.3) is 0 Å². The van der Waals surface area contributed by atoms with Crippen molar-refractivity contribution in [1.82, 2.24) is 4.98 Å². The van der Waals surface area contributed by atoms with Crippen LogP contribution in [-0.4, -0.2) is 30.3 Å². The van der Waals surface area contributed by atoms with E-state index in [0.29, 0.717) is 10.8 Å². The Morgan fingerprint density at radius 1 is 1.32 bits per heavy atom. The first kappa shape index (κ1) is 16.3. The fraction of sp³-hybridized carbons (Fsp3) is 0.214. The minimum atomic E-state index is -0.584. The number of nitrogens with zero attached hydrogens (tertiary/aromatic N) is 1. The minimum absolute atomic E-state index is 0.141. The summed E-state index contributed by atoms with van der Waals surface area (Å²) in [6.45, 7) is 0. The lowest BCUT2D eigenvalue weighted by Gasteiger charge is -2.08. The van der Waals surface area contributed by atoms with E-state index in [9.17, 15) is 9.59 Å². The zero-order chi connectivity index (χ0) is 15.9. The molecule has 2 N–H and O–H groups in total. The monoisotopic (exact) mass is 337 g/mol. The van der Waals surface area contributed by atoms with Crippen molar-refractivity contribution in [2.24, 2.45) is 0 Å². The number of thiazole rings is 1. The van der Waals surface area contributed by atoms with Gasteiger partial charge in [-0.1, -0.05) is 12.1 Å². The molecule has 22 heavy (non-hydrogen) atoms. The highest BCUT2D eigenvalue weighted by molar-refractivity contribution is 7.98. The highest BCUT2D eigenvalue weighted by atomic mass is 32.2. The predicted molar refractivity (Wildman–Crippen MR) is 88.7 cm³/mol. The molecule has 1 heterocycles. The largest absolute Gasteiger partial charge is 0.453 e. The van der Waals surface area contributed by atoms with E-state index in [2.05, 4.69) is 20.4 Å². The molecule has 1 aromatic heterocycles. The molecule has 116 valence electrons. The highest BCUT2D eigenvalue weighted by Crippen LogP contribution is 2.25. The molecule has 8 heteroatoms. The van der Waals surface area contributed by atoms with Gasteiger partial charge in [0, 0.05) is 10.3 Å². The van der Waals surface area contributed by atoms with Crippen LogP contribution in [0.3, 0.4) is 0 Å². The molecule has 0 bridgehead atoms. The number of benzene rings is 1. The fourth-order valence-corrected chi connectivity index (χ4v) is 2.94. The highest BCUT2D eigenvalue weighted by Gasteiger charge is 2.11. The summed E-state index contributed by atoms with van der Waals surface area (Å²) in [4.78, 5) is 28.3. The minimum Gasteiger partial charge on any atom is -0.453 e. The van der Waals surface area contributed by atoms with Gasteiger partial charge in [-0.3, -0.25) is 10.1 Å². The van der Waals surface area contributed by atoms with Crippen molar-refractivity contribution in [2.75, 3.05) is 24.0 Å². The van der Waals surface area contributed by atoms with Crippen LogP contribution < -0.4 is 10.6 Å². The van der Waals surface area contributed by atoms with Gasteiger partial charge in [-0.05, 0) is 18.4 Å². The molecule has 0 saturated heterocycles. The van der Waals surface area contributed by atoms with Gasteiger partial charge < -0.3 is 10.1 Å². The van der Waals surface area contributed by atoms with Gasteiger partial charge in [0.05, 0.1) is 24.9 Å². The molecule has 0 aliphatic rings. The lowest BCUT2D eigenvalue weighted by molar-refractivity contribution is -0.115. The molecule has 6 nitrogen and oxygen atoms in total. The molecule has 0 saturated carbocycles. The van der Waals surface area contributed by atoms with Crippen molar-refractivity contribution in [3.63, 3.8) is 0 Å². The van der Waals surface area contributed by atoms with E-state index in [1.165, 1.54) is 18.4 Å². The lowest BCUT2D eigenvalue weighted by atomic mass is 10.3. The summed E-state index contributed by atoms with van der Waals surface area (Å²) in [7, 11) is 1.28. The average molecular weight is 337 g/mol. The quantitative estimate of drug-likeness (QED) is 0.819. The molecular formula is C14H15N3O3S2. The van der Waals surface area contributed by atoms with Gasteiger partial charge in [0.15, 0.2) is 5.13 Å². The van der Waals surface area contributed by atoms with E-state index in [0.717, 1.165) is 10.6 Å². The zero-order valence-electron chi connectivity index (χ0n) is 12.1. The number of carbonyl (C=O) groups is 2. The number of amides is 2. The number of aromatic nitrogens is 1. The maximum atomic E-state index is 12.1. The Bertz CT molecular complexity index is 673. The van der Waals surface area contributed by atoms with Crippen molar-refractivity contribution in [2.45, 2.75) is 11.3 Å². The van der Waals surface area contributed by atoms with Crippen LogP contribution in [-0.2, 0) is 16.0 Å². The Balaban J connectivity index is 1.96. The van der Waals surface area contributed by atoms with Crippen LogP contribution in [0.1, 0.15) is 5.69 Å². The summed E-state index contributed by atoms with van der Waals surface area (Å²) in [5.74, 6) is -0.156. The Morgan fingerprint density at radius 2 is 2.09 bits per heavy atom. The third-order valence-electron chi connectivity index (χ3n) is 2.67. The third-order valence-corrected chi connectivity index (χ3v) is 4.27. The van der Waals surface area contributed by atoms with Crippen LogP contribution >= 0.6 is 23.1 Å². The number of anilines is 2. The SMILES string of the molecule is COC(=O)Nc1nc(CC(=O)Nc2ccccc2SC)cs1. The second-order valence-corrected chi connectivity index (χ2v) is 5.89. The number of thioether (sulfide) groups is 1. The Kier molecular flexibility index (Phi) is 5.79. The molecule has 2 rings (SSSR count). The van der Waals surface area contributed by atoms with E-state index in [4.69, 9.17) is 0 Å². The zero-order valence-corrected chi connectivity index (χ0v) is 13.7. The molecule has 0 spiro atoms. The van der Waals surface area contributed by atoms with Crippen molar-refractivity contribution in [1.29, 1.82) is 0 Å². The van der Waals surface area contributed by atoms with Gasteiger partial charge in [-0.25, -0.2) is 9.78 Å². The van der Waals surface area contributed by atoms with Crippen molar-refractivity contribution in [3.8, 4) is 0 Å². The molecule has 0 radical (unpaired) electrons. The Hall–Kier alpha value is -2.06. The molecule has 0 fully saturated rings. The predicted octanol–water partition coefficient (Wildman–Crippen LogP) is 3.22. The van der Waals surface area contributed by atoms with E-state index in [1.54, 1.807) is 17.1 Å². The Labute approximate surface area is 136 Å². The van der Waals surface area contributed by atoms with Crippen LogP contribution in [0, 0.1) is 0 Å². The van der Waals surface area contributed by atoms with Crippen LogP contribution in [0.15, 0.2) is 34.5 Å². The van der Waals surface area contributed by atoms with Crippen molar-refractivity contribution < 1.29 is 14.3 Å². The first-order valence-corrected chi connectivity index (χ1v) is 8.45. The normalized spacial score (nSPS) is 10.1. The molecule has 0 unspecified atom stereocenters. The second kappa shape index (κ2) is 7.81. The number of para-hydroxylation sites is 1. The van der Waals surface area contributed by atoms with Crippen LogP contribution in [0.25, 0.3) is 0 Å². The van der Waals surface area contributed by atoms with Gasteiger partial charge >= 0.3 is 6.09 Å². The average Bonchev–Trinajstić information content (AvgIpc) is 2.94. The van der Waals surface area contributed by atoms with Crippen LogP contribution in [0.2, 0.25) is 0 Å². The van der Waals surface area contributed by atoms with E-state index in [1.807, 2.05) is 30.5 Å². The number of hydrogen-bond acceptors (Lipinski definition) is 6. The second-order valence-electron chi connectivity index (χ2n) is 4.19. The van der Waals surface area contributed by atoms with E-state index in [-0.39, 0.29) is 12.3 Å². The topological polar surface area (TPSA) is 80.3 Å². The van der Waals surface area contributed by atoms with Crippen LogP contribution in [0.5, 0.6) is 0 Å². The number of nitrogens with one attached hydrogen (secondary N) is 2. The number of carbonyl (C=O) groups excluding carboxylic acids is 2. The molecule has 0 aliphatic carbocycles. The number of rotatable bonds is 5. The lowest BCUT2D eigenvalue weighted by Crippen LogP contribution is -2.15. The Morgan fingerprint density at radius 3 is 2.82 bits per heavy atom. The van der Waals surface area contributed by atoms with Crippen molar-refractivity contribution in [3.05, 3.63) is 35.3 Å². The smallest absolute Gasteiger partial charge is 0.413 e. The molecule has 2 aromatic rings. The third kappa shape index (κ3) is 4.47. The number of methoxy groups -OCH3 is 1. The maximum absolute atomic E-state index is 12.1. The standard InChI is InChI=1S/C14H15N3O3S2/c1-20-14(19)17-13-15-9(8-22-13)7-12(18)16-10-5-3-4-6-11(10)21-2/h3-6,8H,7H2,1-2H3,(H,16,18)(H,15,17,19). The van der Waals surface area contributed by atoms with E-state index < -0.39 is 6.09 Å². The number of hydrogen-bond donors (Lipinski definition) is 2. The summed E-state index contributed by atoms with van der Waals surface area (Å²) in [5.41, 5.74) is 1.37. The van der Waals surface area contributed by atoms with Gasteiger partial charge in [-0.15, -0.1) is 23.1 Å². The van der Waals surface area contributed by atoms with E-state index >= 15 is 0 Å². The van der Waals surface area contributed by atoms with Gasteiger partial charge in [0.2, 0.25) is 5.91 Å². The fourth-order valence-electron chi connectivity index (χ4n) is 1.69.